The molecule has 0 bridgehead atoms. The summed E-state index contributed by atoms with van der Waals surface area (Å²) in [6.07, 6.45) is 1.82. The molecule has 1 heterocycles. The van der Waals surface area contributed by atoms with Gasteiger partial charge in [-0.2, -0.15) is 0 Å². The fraction of sp³-hybridized carbons (Fsp3) is 0.214. The number of hydrogen-bond donors (Lipinski definition) is 0. The maximum atomic E-state index is 12.3. The Bertz CT molecular complexity index is 630. The Morgan fingerprint density at radius 1 is 1.48 bits per heavy atom. The zero-order valence-corrected chi connectivity index (χ0v) is 13.6. The molecule has 4 nitrogen and oxygen atoms in total. The highest BCUT2D eigenvalue weighted by atomic mass is 35.5. The molecule has 1 aromatic carbocycles. The van der Waals surface area contributed by atoms with Gasteiger partial charge >= 0.3 is 5.97 Å². The van der Waals surface area contributed by atoms with Gasteiger partial charge in [-0.3, -0.25) is 14.5 Å². The number of carbonyl (C=O) groups is 2. The molecule has 1 aliphatic rings. The highest BCUT2D eigenvalue weighted by Crippen LogP contribution is 2.33. The Labute approximate surface area is 137 Å². The Balaban J connectivity index is 2.14. The van der Waals surface area contributed by atoms with E-state index in [0.29, 0.717) is 14.2 Å². The molecule has 1 aromatic rings. The van der Waals surface area contributed by atoms with Crippen LogP contribution in [0.4, 0.5) is 0 Å². The van der Waals surface area contributed by atoms with Gasteiger partial charge < -0.3 is 4.74 Å². The van der Waals surface area contributed by atoms with Crippen LogP contribution < -0.4 is 0 Å². The molecule has 1 saturated heterocycles. The fourth-order valence-corrected chi connectivity index (χ4v) is 3.22. The molecule has 21 heavy (non-hydrogen) atoms. The average Bonchev–Trinajstić information content (AvgIpc) is 2.73. The monoisotopic (exact) mass is 341 g/mol. The van der Waals surface area contributed by atoms with Crippen LogP contribution in [0.15, 0.2) is 29.2 Å². The van der Waals surface area contributed by atoms with E-state index in [9.17, 15) is 9.59 Å². The standard InChI is InChI=1S/C14H12ClNO3S2/c1-19-12(17)6-7-16-13(18)11(21-14(16)20)8-9-4-2-3-5-10(9)15/h2-5,8H,6-7H2,1H3/b11-8-. The molecule has 110 valence electrons. The SMILES string of the molecule is COC(=O)CCN1C(=O)/C(=C/c2ccccc2Cl)SC1=S. The Kier molecular flexibility index (Phi) is 5.39. The number of benzene rings is 1. The topological polar surface area (TPSA) is 46.6 Å². The van der Waals surface area contributed by atoms with Gasteiger partial charge in [0, 0.05) is 11.6 Å². The van der Waals surface area contributed by atoms with Crippen LogP contribution in [-0.4, -0.2) is 34.8 Å². The number of nitrogens with zero attached hydrogens (tertiary/aromatic N) is 1. The van der Waals surface area contributed by atoms with Gasteiger partial charge in [-0.25, -0.2) is 0 Å². The minimum absolute atomic E-state index is 0.113. The number of halogens is 1. The molecule has 2 rings (SSSR count). The second-order valence-corrected chi connectivity index (χ2v) is 6.26. The molecule has 0 saturated carbocycles. The predicted molar refractivity (Wildman–Crippen MR) is 88.0 cm³/mol. The first kappa shape index (κ1) is 16.0. The van der Waals surface area contributed by atoms with Crippen molar-refractivity contribution >= 4 is 57.9 Å². The molecule has 7 heteroatoms. The minimum Gasteiger partial charge on any atom is -0.469 e. The van der Waals surface area contributed by atoms with Crippen molar-refractivity contribution in [3.63, 3.8) is 0 Å². The highest BCUT2D eigenvalue weighted by Gasteiger charge is 2.32. The van der Waals surface area contributed by atoms with Gasteiger partial charge in [0.05, 0.1) is 18.4 Å². The summed E-state index contributed by atoms with van der Waals surface area (Å²) in [6.45, 7) is 0.219. The number of hydrogen-bond acceptors (Lipinski definition) is 5. The van der Waals surface area contributed by atoms with Crippen molar-refractivity contribution in [1.29, 1.82) is 0 Å². The lowest BCUT2D eigenvalue weighted by Crippen LogP contribution is -2.30. The summed E-state index contributed by atoms with van der Waals surface area (Å²) < 4.78 is 4.99. The number of thiocarbonyl (C=S) groups is 1. The van der Waals surface area contributed by atoms with Gasteiger partial charge in [0.15, 0.2) is 0 Å². The second-order valence-electron chi connectivity index (χ2n) is 4.18. The summed E-state index contributed by atoms with van der Waals surface area (Å²) in [5.74, 6) is -0.590. The second kappa shape index (κ2) is 7.06. The van der Waals surface area contributed by atoms with Crippen molar-refractivity contribution in [2.75, 3.05) is 13.7 Å². The maximum absolute atomic E-state index is 12.3. The van der Waals surface area contributed by atoms with Crippen LogP contribution in [0, 0.1) is 0 Å². The highest BCUT2D eigenvalue weighted by molar-refractivity contribution is 8.26. The van der Waals surface area contributed by atoms with Gasteiger partial charge in [0.25, 0.3) is 5.91 Å². The van der Waals surface area contributed by atoms with Crippen LogP contribution in [0.3, 0.4) is 0 Å². The summed E-state index contributed by atoms with van der Waals surface area (Å²) in [5.41, 5.74) is 0.757. The third kappa shape index (κ3) is 3.84. The Morgan fingerprint density at radius 3 is 2.86 bits per heavy atom. The summed E-state index contributed by atoms with van der Waals surface area (Å²) >= 11 is 12.4. The fourth-order valence-electron chi connectivity index (χ4n) is 1.73. The van der Waals surface area contributed by atoms with E-state index in [4.69, 9.17) is 23.8 Å². The number of esters is 1. The molecule has 1 fully saturated rings. The minimum atomic E-state index is -0.376. The molecule has 0 spiro atoms. The van der Waals surface area contributed by atoms with Crippen molar-refractivity contribution < 1.29 is 14.3 Å². The van der Waals surface area contributed by atoms with E-state index >= 15 is 0 Å². The Morgan fingerprint density at radius 2 is 2.19 bits per heavy atom. The molecule has 0 radical (unpaired) electrons. The molecule has 0 aromatic heterocycles. The zero-order valence-electron chi connectivity index (χ0n) is 11.2. The van der Waals surface area contributed by atoms with Crippen molar-refractivity contribution in [3.05, 3.63) is 39.8 Å². The van der Waals surface area contributed by atoms with Crippen molar-refractivity contribution in [2.45, 2.75) is 6.42 Å². The van der Waals surface area contributed by atoms with E-state index in [-0.39, 0.29) is 24.8 Å². The predicted octanol–water partition coefficient (Wildman–Crippen LogP) is 3.10. The summed E-state index contributed by atoms with van der Waals surface area (Å²) in [7, 11) is 1.31. The number of methoxy groups -OCH3 is 1. The molecule has 0 atom stereocenters. The lowest BCUT2D eigenvalue weighted by atomic mass is 10.2. The van der Waals surface area contributed by atoms with Crippen LogP contribution in [0.2, 0.25) is 5.02 Å². The molecule has 1 aliphatic heterocycles. The van der Waals surface area contributed by atoms with Crippen LogP contribution in [0.1, 0.15) is 12.0 Å². The van der Waals surface area contributed by atoms with E-state index in [0.717, 1.165) is 5.56 Å². The Hall–Kier alpha value is -1.37. The van der Waals surface area contributed by atoms with Crippen LogP contribution >= 0.6 is 35.6 Å². The maximum Gasteiger partial charge on any atom is 0.307 e. The summed E-state index contributed by atoms with van der Waals surface area (Å²) in [6, 6.07) is 7.24. The molecular formula is C14H12ClNO3S2. The number of amides is 1. The van der Waals surface area contributed by atoms with E-state index < -0.39 is 0 Å². The number of ether oxygens (including phenoxy) is 1. The van der Waals surface area contributed by atoms with Gasteiger partial charge in [-0.1, -0.05) is 53.8 Å². The first-order chi connectivity index (χ1) is 10.0. The quantitative estimate of drug-likeness (QED) is 0.478. The third-order valence-corrected chi connectivity index (χ3v) is 4.55. The normalized spacial score (nSPS) is 16.7. The first-order valence-corrected chi connectivity index (χ1v) is 7.70. The van der Waals surface area contributed by atoms with Crippen molar-refractivity contribution in [3.8, 4) is 0 Å². The first-order valence-electron chi connectivity index (χ1n) is 6.09. The van der Waals surface area contributed by atoms with Gasteiger partial charge in [-0.05, 0) is 17.7 Å². The summed E-state index contributed by atoms with van der Waals surface area (Å²) in [4.78, 5) is 25.3. The van der Waals surface area contributed by atoms with E-state index in [1.165, 1.54) is 23.8 Å². The lowest BCUT2D eigenvalue weighted by molar-refractivity contribution is -0.140. The van der Waals surface area contributed by atoms with Gasteiger partial charge in [-0.15, -0.1) is 0 Å². The zero-order chi connectivity index (χ0) is 15.4. The smallest absolute Gasteiger partial charge is 0.307 e. The van der Waals surface area contributed by atoms with E-state index in [1.54, 1.807) is 12.1 Å². The number of thioether (sulfide) groups is 1. The van der Waals surface area contributed by atoms with Crippen LogP contribution in [-0.2, 0) is 14.3 Å². The molecule has 0 N–H and O–H groups in total. The van der Waals surface area contributed by atoms with E-state index in [1.807, 2.05) is 18.2 Å². The molecular weight excluding hydrogens is 330 g/mol. The number of carbonyl (C=O) groups excluding carboxylic acids is 2. The average molecular weight is 342 g/mol. The molecule has 1 amide bonds. The summed E-state index contributed by atoms with van der Waals surface area (Å²) in [5, 5.41) is 0.567. The van der Waals surface area contributed by atoms with Crippen LogP contribution in [0.5, 0.6) is 0 Å². The lowest BCUT2D eigenvalue weighted by Gasteiger charge is -2.12. The largest absolute Gasteiger partial charge is 0.469 e. The van der Waals surface area contributed by atoms with E-state index in [2.05, 4.69) is 4.74 Å². The van der Waals surface area contributed by atoms with Gasteiger partial charge in [0.2, 0.25) is 0 Å². The third-order valence-electron chi connectivity index (χ3n) is 2.83. The van der Waals surface area contributed by atoms with Crippen molar-refractivity contribution in [2.24, 2.45) is 0 Å². The van der Waals surface area contributed by atoms with Gasteiger partial charge in [0.1, 0.15) is 4.32 Å². The van der Waals surface area contributed by atoms with Crippen molar-refractivity contribution in [1.82, 2.24) is 4.90 Å². The molecule has 0 aliphatic carbocycles. The van der Waals surface area contributed by atoms with Crippen LogP contribution in [0.25, 0.3) is 6.08 Å². The number of rotatable bonds is 4. The molecule has 0 unspecified atom stereocenters.